The van der Waals surface area contributed by atoms with Gasteiger partial charge in [-0.15, -0.1) is 24.5 Å². The number of para-hydroxylation sites is 1. The van der Waals surface area contributed by atoms with Gasteiger partial charge in [-0.1, -0.05) is 12.1 Å². The van der Waals surface area contributed by atoms with Crippen LogP contribution in [0.1, 0.15) is 4.88 Å². The highest BCUT2D eigenvalue weighted by Gasteiger charge is 2.32. The van der Waals surface area contributed by atoms with E-state index >= 15 is 0 Å². The molecule has 102 valence electrons. The Balaban J connectivity index is 2.32. The molecule has 1 N–H and O–H groups in total. The van der Waals surface area contributed by atoms with Gasteiger partial charge in [0.25, 0.3) is 0 Å². The zero-order chi connectivity index (χ0) is 13.9. The van der Waals surface area contributed by atoms with Crippen molar-refractivity contribution < 1.29 is 17.9 Å². The predicted octanol–water partition coefficient (Wildman–Crippen LogP) is 3.43. The van der Waals surface area contributed by atoms with Crippen molar-refractivity contribution in [2.45, 2.75) is 12.9 Å². The number of nitrogens with one attached hydrogen (secondary N) is 1. The van der Waals surface area contributed by atoms with Gasteiger partial charge in [-0.2, -0.15) is 0 Å². The molecule has 0 atom stereocenters. The van der Waals surface area contributed by atoms with E-state index in [-0.39, 0.29) is 5.75 Å². The normalized spacial score (nSPS) is 11.6. The summed E-state index contributed by atoms with van der Waals surface area (Å²) >= 11 is 1.33. The SMILES string of the molecule is CNCc1cnc(-c2ccccc2OC(F)(F)F)s1. The van der Waals surface area contributed by atoms with Gasteiger partial charge in [0.15, 0.2) is 0 Å². The number of halogens is 3. The predicted molar refractivity (Wildman–Crippen MR) is 67.0 cm³/mol. The van der Waals surface area contributed by atoms with E-state index in [0.29, 0.717) is 17.1 Å². The van der Waals surface area contributed by atoms with Crippen LogP contribution in [-0.4, -0.2) is 18.4 Å². The highest BCUT2D eigenvalue weighted by Crippen LogP contribution is 2.35. The Morgan fingerprint density at radius 2 is 2.05 bits per heavy atom. The van der Waals surface area contributed by atoms with Gasteiger partial charge >= 0.3 is 6.36 Å². The van der Waals surface area contributed by atoms with Gasteiger partial charge in [-0.25, -0.2) is 4.98 Å². The van der Waals surface area contributed by atoms with Crippen LogP contribution in [0.2, 0.25) is 0 Å². The van der Waals surface area contributed by atoms with E-state index < -0.39 is 6.36 Å². The Labute approximate surface area is 112 Å². The number of nitrogens with zero attached hydrogens (tertiary/aromatic N) is 1. The summed E-state index contributed by atoms with van der Waals surface area (Å²) in [7, 11) is 1.79. The second-order valence-electron chi connectivity index (χ2n) is 3.71. The summed E-state index contributed by atoms with van der Waals surface area (Å²) in [5.74, 6) is -0.236. The van der Waals surface area contributed by atoms with Crippen molar-refractivity contribution in [1.29, 1.82) is 0 Å². The molecule has 0 radical (unpaired) electrons. The van der Waals surface area contributed by atoms with Crippen LogP contribution in [0.4, 0.5) is 13.2 Å². The van der Waals surface area contributed by atoms with Gasteiger partial charge in [0, 0.05) is 17.6 Å². The molecule has 1 aromatic heterocycles. The van der Waals surface area contributed by atoms with Gasteiger partial charge in [0.2, 0.25) is 0 Å². The lowest BCUT2D eigenvalue weighted by Gasteiger charge is -2.11. The molecule has 0 spiro atoms. The van der Waals surface area contributed by atoms with E-state index in [0.717, 1.165) is 4.88 Å². The van der Waals surface area contributed by atoms with Crippen molar-refractivity contribution in [3.8, 4) is 16.3 Å². The molecule has 0 amide bonds. The molecule has 19 heavy (non-hydrogen) atoms. The smallest absolute Gasteiger partial charge is 0.405 e. The van der Waals surface area contributed by atoms with Crippen LogP contribution < -0.4 is 10.1 Å². The Hall–Kier alpha value is -1.60. The Kier molecular flexibility index (Phi) is 4.06. The van der Waals surface area contributed by atoms with E-state index in [1.54, 1.807) is 25.4 Å². The standard InChI is InChI=1S/C12H11F3N2OS/c1-16-6-8-7-17-11(19-8)9-4-2-3-5-10(9)18-12(13,14)15/h2-5,7,16H,6H2,1H3. The zero-order valence-electron chi connectivity index (χ0n) is 9.99. The maximum Gasteiger partial charge on any atom is 0.573 e. The van der Waals surface area contributed by atoms with Crippen molar-refractivity contribution in [1.82, 2.24) is 10.3 Å². The average molecular weight is 288 g/mol. The average Bonchev–Trinajstić information content (AvgIpc) is 2.76. The van der Waals surface area contributed by atoms with Crippen LogP contribution in [0.3, 0.4) is 0 Å². The Morgan fingerprint density at radius 3 is 2.74 bits per heavy atom. The molecule has 2 rings (SSSR count). The Morgan fingerprint density at radius 1 is 1.32 bits per heavy atom. The van der Waals surface area contributed by atoms with Crippen LogP contribution in [0, 0.1) is 0 Å². The third-order valence-corrected chi connectivity index (χ3v) is 3.28. The Bertz CT molecular complexity index is 554. The second-order valence-corrected chi connectivity index (χ2v) is 4.82. The summed E-state index contributed by atoms with van der Waals surface area (Å²) < 4.78 is 40.9. The van der Waals surface area contributed by atoms with E-state index in [2.05, 4.69) is 15.0 Å². The lowest BCUT2D eigenvalue weighted by molar-refractivity contribution is -0.274. The zero-order valence-corrected chi connectivity index (χ0v) is 10.8. The number of thiazole rings is 1. The fourth-order valence-electron chi connectivity index (χ4n) is 1.54. The summed E-state index contributed by atoms with van der Waals surface area (Å²) in [4.78, 5) is 5.07. The lowest BCUT2D eigenvalue weighted by Crippen LogP contribution is -2.17. The maximum atomic E-state index is 12.3. The van der Waals surface area contributed by atoms with Gasteiger partial charge in [0.1, 0.15) is 10.8 Å². The molecule has 0 fully saturated rings. The number of alkyl halides is 3. The fourth-order valence-corrected chi connectivity index (χ4v) is 2.50. The van der Waals surface area contributed by atoms with E-state index in [1.165, 1.54) is 23.5 Å². The summed E-state index contributed by atoms with van der Waals surface area (Å²) in [6, 6.07) is 5.98. The first-order valence-corrected chi connectivity index (χ1v) is 6.25. The largest absolute Gasteiger partial charge is 0.573 e. The van der Waals surface area contributed by atoms with Gasteiger partial charge in [-0.3, -0.25) is 0 Å². The molecular weight excluding hydrogens is 277 g/mol. The topological polar surface area (TPSA) is 34.2 Å². The van der Waals surface area contributed by atoms with Gasteiger partial charge < -0.3 is 10.1 Å². The van der Waals surface area contributed by atoms with Crippen LogP contribution >= 0.6 is 11.3 Å². The maximum absolute atomic E-state index is 12.3. The number of aromatic nitrogens is 1. The minimum Gasteiger partial charge on any atom is -0.405 e. The molecule has 0 saturated heterocycles. The monoisotopic (exact) mass is 288 g/mol. The second kappa shape index (κ2) is 5.58. The molecular formula is C12H11F3N2OS. The van der Waals surface area contributed by atoms with Gasteiger partial charge in [-0.05, 0) is 19.2 Å². The number of benzene rings is 1. The van der Waals surface area contributed by atoms with Crippen molar-refractivity contribution in [3.63, 3.8) is 0 Å². The van der Waals surface area contributed by atoms with Crippen LogP contribution in [0.25, 0.3) is 10.6 Å². The molecule has 0 aliphatic carbocycles. The van der Waals surface area contributed by atoms with E-state index in [9.17, 15) is 13.2 Å². The molecule has 1 heterocycles. The van der Waals surface area contributed by atoms with E-state index in [1.807, 2.05) is 0 Å². The molecule has 0 bridgehead atoms. The summed E-state index contributed by atoms with van der Waals surface area (Å²) in [5.41, 5.74) is 0.340. The summed E-state index contributed by atoms with van der Waals surface area (Å²) in [6.45, 7) is 0.625. The number of rotatable bonds is 4. The number of hydrogen-bond donors (Lipinski definition) is 1. The molecule has 0 unspecified atom stereocenters. The van der Waals surface area contributed by atoms with Crippen LogP contribution in [0.15, 0.2) is 30.5 Å². The quantitative estimate of drug-likeness (QED) is 0.936. The minimum atomic E-state index is -4.71. The fraction of sp³-hybridized carbons (Fsp3) is 0.250. The molecule has 2 aromatic rings. The molecule has 0 aliphatic rings. The van der Waals surface area contributed by atoms with Gasteiger partial charge in [0.05, 0.1) is 5.56 Å². The molecule has 1 aromatic carbocycles. The first-order valence-electron chi connectivity index (χ1n) is 5.44. The molecule has 0 saturated carbocycles. The van der Waals surface area contributed by atoms with Crippen molar-refractivity contribution >= 4 is 11.3 Å². The molecule has 3 nitrogen and oxygen atoms in total. The molecule has 7 heteroatoms. The third-order valence-electron chi connectivity index (χ3n) is 2.25. The van der Waals surface area contributed by atoms with Crippen molar-refractivity contribution in [3.05, 3.63) is 35.3 Å². The highest BCUT2D eigenvalue weighted by molar-refractivity contribution is 7.15. The first kappa shape index (κ1) is 13.8. The number of ether oxygens (including phenoxy) is 1. The minimum absolute atomic E-state index is 0.236. The first-order chi connectivity index (χ1) is 8.99. The van der Waals surface area contributed by atoms with Crippen LogP contribution in [0.5, 0.6) is 5.75 Å². The lowest BCUT2D eigenvalue weighted by atomic mass is 10.2. The van der Waals surface area contributed by atoms with Crippen molar-refractivity contribution in [2.75, 3.05) is 7.05 Å². The summed E-state index contributed by atoms with van der Waals surface area (Å²) in [6.07, 6.45) is -3.07. The molecule has 0 aliphatic heterocycles. The van der Waals surface area contributed by atoms with E-state index in [4.69, 9.17) is 0 Å². The third kappa shape index (κ3) is 3.68. The number of hydrogen-bond acceptors (Lipinski definition) is 4. The summed E-state index contributed by atoms with van der Waals surface area (Å²) in [5, 5.41) is 3.47. The highest BCUT2D eigenvalue weighted by atomic mass is 32.1. The van der Waals surface area contributed by atoms with Crippen LogP contribution in [-0.2, 0) is 6.54 Å². The van der Waals surface area contributed by atoms with Crippen molar-refractivity contribution in [2.24, 2.45) is 0 Å².